The van der Waals surface area contributed by atoms with E-state index in [-0.39, 0.29) is 5.91 Å². The molecule has 1 unspecified atom stereocenters. The number of aliphatic hydroxyl groups excluding tert-OH is 1. The lowest BCUT2D eigenvalue weighted by Crippen LogP contribution is -2.27. The summed E-state index contributed by atoms with van der Waals surface area (Å²) in [5, 5.41) is 11.3. The van der Waals surface area contributed by atoms with E-state index in [9.17, 15) is 4.79 Å². The summed E-state index contributed by atoms with van der Waals surface area (Å²) in [7, 11) is 0. The van der Waals surface area contributed by atoms with Gasteiger partial charge in [-0.3, -0.25) is 4.79 Å². The molecule has 1 heterocycles. The van der Waals surface area contributed by atoms with Crippen LogP contribution >= 0.6 is 0 Å². The van der Waals surface area contributed by atoms with Crippen molar-refractivity contribution in [1.29, 1.82) is 0 Å². The Morgan fingerprint density at radius 2 is 2.56 bits per heavy atom. The lowest BCUT2D eigenvalue weighted by Gasteiger charge is -2.03. The van der Waals surface area contributed by atoms with Gasteiger partial charge in [0.2, 0.25) is 5.91 Å². The van der Waals surface area contributed by atoms with Crippen LogP contribution in [0.25, 0.3) is 0 Å². The zero-order chi connectivity index (χ0) is 6.85. The first kappa shape index (κ1) is 6.29. The molecule has 3 heteroatoms. The van der Waals surface area contributed by atoms with Crippen LogP contribution in [0.4, 0.5) is 0 Å². The van der Waals surface area contributed by atoms with Gasteiger partial charge in [-0.25, -0.2) is 0 Å². The van der Waals surface area contributed by atoms with Gasteiger partial charge in [0.05, 0.1) is 0 Å². The lowest BCUT2D eigenvalue weighted by molar-refractivity contribution is -0.117. The highest BCUT2D eigenvalue weighted by atomic mass is 16.3. The molecule has 0 saturated carbocycles. The summed E-state index contributed by atoms with van der Waals surface area (Å²) in [4.78, 5) is 10.5. The minimum absolute atomic E-state index is 0.195. The second-order valence-corrected chi connectivity index (χ2v) is 1.98. The van der Waals surface area contributed by atoms with Gasteiger partial charge in [0.1, 0.15) is 6.23 Å². The number of hydrogen-bond donors (Lipinski definition) is 2. The van der Waals surface area contributed by atoms with Crippen molar-refractivity contribution in [3.8, 4) is 0 Å². The molecule has 0 radical (unpaired) electrons. The summed E-state index contributed by atoms with van der Waals surface area (Å²) in [6.45, 7) is 1.90. The topological polar surface area (TPSA) is 49.3 Å². The average molecular weight is 127 g/mol. The molecule has 1 aliphatic heterocycles. The maximum atomic E-state index is 10.5. The van der Waals surface area contributed by atoms with Crippen molar-refractivity contribution in [2.24, 2.45) is 0 Å². The van der Waals surface area contributed by atoms with Gasteiger partial charge in [0.25, 0.3) is 0 Å². The molecular formula is C6H9NO2. The number of nitrogens with one attached hydrogen (secondary N) is 1. The van der Waals surface area contributed by atoms with Gasteiger partial charge < -0.3 is 10.4 Å². The van der Waals surface area contributed by atoms with Gasteiger partial charge in [0, 0.05) is 6.08 Å². The molecule has 0 fully saturated rings. The predicted octanol–water partition coefficient (Wildman–Crippen LogP) is -0.229. The van der Waals surface area contributed by atoms with Crippen LogP contribution < -0.4 is 5.32 Å². The smallest absolute Gasteiger partial charge is 0.246 e. The second-order valence-electron chi connectivity index (χ2n) is 1.98. The highest BCUT2D eigenvalue weighted by molar-refractivity contribution is 5.91. The van der Waals surface area contributed by atoms with E-state index in [0.29, 0.717) is 0 Å². The van der Waals surface area contributed by atoms with Crippen LogP contribution in [0.2, 0.25) is 0 Å². The Morgan fingerprint density at radius 3 is 2.78 bits per heavy atom. The van der Waals surface area contributed by atoms with E-state index in [1.807, 2.05) is 6.92 Å². The molecule has 1 atom stereocenters. The molecule has 50 valence electrons. The van der Waals surface area contributed by atoms with Gasteiger partial charge in [-0.2, -0.15) is 0 Å². The standard InChI is InChI=1S/C6H9NO2/c1-2-4-3-5(8)7-6(4)9/h3,6,9H,2H2,1H3,(H,7,8). The van der Waals surface area contributed by atoms with Gasteiger partial charge in [-0.05, 0) is 12.0 Å². The van der Waals surface area contributed by atoms with E-state index in [1.165, 1.54) is 6.08 Å². The summed E-state index contributed by atoms with van der Waals surface area (Å²) >= 11 is 0. The Balaban J connectivity index is 2.68. The SMILES string of the molecule is CCC1=CC(=O)NC1O. The van der Waals surface area contributed by atoms with E-state index in [0.717, 1.165) is 12.0 Å². The molecule has 0 spiro atoms. The van der Waals surface area contributed by atoms with Gasteiger partial charge >= 0.3 is 0 Å². The Morgan fingerprint density at radius 1 is 1.89 bits per heavy atom. The predicted molar refractivity (Wildman–Crippen MR) is 32.5 cm³/mol. The number of amides is 1. The van der Waals surface area contributed by atoms with Crippen molar-refractivity contribution in [2.75, 3.05) is 0 Å². The first-order chi connectivity index (χ1) is 4.24. The Labute approximate surface area is 53.4 Å². The number of carbonyl (C=O) groups is 1. The molecule has 1 rings (SSSR count). The monoisotopic (exact) mass is 127 g/mol. The largest absolute Gasteiger partial charge is 0.370 e. The fourth-order valence-electron chi connectivity index (χ4n) is 0.812. The molecule has 1 amide bonds. The van der Waals surface area contributed by atoms with E-state index < -0.39 is 6.23 Å². The Hall–Kier alpha value is -0.830. The Kier molecular flexibility index (Phi) is 1.53. The zero-order valence-electron chi connectivity index (χ0n) is 5.22. The first-order valence-corrected chi connectivity index (χ1v) is 2.93. The number of aliphatic hydroxyl groups is 1. The summed E-state index contributed by atoms with van der Waals surface area (Å²) in [6.07, 6.45) is 1.42. The van der Waals surface area contributed by atoms with Crippen molar-refractivity contribution >= 4 is 5.91 Å². The average Bonchev–Trinajstić information content (AvgIpc) is 2.10. The quantitative estimate of drug-likeness (QED) is 0.511. The molecule has 1 aliphatic rings. The summed E-state index contributed by atoms with van der Waals surface area (Å²) in [6, 6.07) is 0. The van der Waals surface area contributed by atoms with Crippen LogP contribution in [0, 0.1) is 0 Å². The van der Waals surface area contributed by atoms with Crippen molar-refractivity contribution in [1.82, 2.24) is 5.32 Å². The third-order valence-electron chi connectivity index (χ3n) is 1.35. The van der Waals surface area contributed by atoms with E-state index in [1.54, 1.807) is 0 Å². The molecule has 0 aromatic carbocycles. The normalized spacial score (nSPS) is 25.8. The molecule has 0 aliphatic carbocycles. The van der Waals surface area contributed by atoms with Crippen LogP contribution in [0.15, 0.2) is 11.6 Å². The molecular weight excluding hydrogens is 118 g/mol. The molecule has 3 nitrogen and oxygen atoms in total. The molecule has 0 saturated heterocycles. The third kappa shape index (κ3) is 1.10. The second kappa shape index (κ2) is 2.19. The minimum atomic E-state index is -0.734. The van der Waals surface area contributed by atoms with Crippen LogP contribution in [0.5, 0.6) is 0 Å². The highest BCUT2D eigenvalue weighted by Crippen LogP contribution is 2.09. The van der Waals surface area contributed by atoms with E-state index >= 15 is 0 Å². The van der Waals surface area contributed by atoms with Crippen LogP contribution in [-0.2, 0) is 4.79 Å². The van der Waals surface area contributed by atoms with Crippen LogP contribution in [-0.4, -0.2) is 17.2 Å². The van der Waals surface area contributed by atoms with Crippen LogP contribution in [0.3, 0.4) is 0 Å². The van der Waals surface area contributed by atoms with Crippen molar-refractivity contribution < 1.29 is 9.90 Å². The van der Waals surface area contributed by atoms with Crippen molar-refractivity contribution in [3.05, 3.63) is 11.6 Å². The van der Waals surface area contributed by atoms with Crippen molar-refractivity contribution in [3.63, 3.8) is 0 Å². The van der Waals surface area contributed by atoms with Gasteiger partial charge in [-0.1, -0.05) is 6.92 Å². The van der Waals surface area contributed by atoms with Crippen molar-refractivity contribution in [2.45, 2.75) is 19.6 Å². The molecule has 0 bridgehead atoms. The van der Waals surface area contributed by atoms with Gasteiger partial charge in [-0.15, -0.1) is 0 Å². The first-order valence-electron chi connectivity index (χ1n) is 2.93. The third-order valence-corrected chi connectivity index (χ3v) is 1.35. The maximum Gasteiger partial charge on any atom is 0.246 e. The summed E-state index contributed by atoms with van der Waals surface area (Å²) in [5.41, 5.74) is 0.764. The molecule has 0 aromatic rings. The molecule has 9 heavy (non-hydrogen) atoms. The lowest BCUT2D eigenvalue weighted by atomic mass is 10.2. The zero-order valence-corrected chi connectivity index (χ0v) is 5.22. The Bertz CT molecular complexity index is 162. The highest BCUT2D eigenvalue weighted by Gasteiger charge is 2.18. The maximum absolute atomic E-state index is 10.5. The number of carbonyl (C=O) groups excluding carboxylic acids is 1. The fourth-order valence-corrected chi connectivity index (χ4v) is 0.812. The number of rotatable bonds is 1. The number of hydrogen-bond acceptors (Lipinski definition) is 2. The molecule has 2 N–H and O–H groups in total. The minimum Gasteiger partial charge on any atom is -0.370 e. The fraction of sp³-hybridized carbons (Fsp3) is 0.500. The molecule has 0 aromatic heterocycles. The summed E-state index contributed by atoms with van der Waals surface area (Å²) in [5.74, 6) is -0.195. The summed E-state index contributed by atoms with van der Waals surface area (Å²) < 4.78 is 0. The van der Waals surface area contributed by atoms with Gasteiger partial charge in [0.15, 0.2) is 0 Å². The van der Waals surface area contributed by atoms with E-state index in [2.05, 4.69) is 5.32 Å². The van der Waals surface area contributed by atoms with E-state index in [4.69, 9.17) is 5.11 Å². The van der Waals surface area contributed by atoms with Crippen LogP contribution in [0.1, 0.15) is 13.3 Å².